The second-order valence-electron chi connectivity index (χ2n) is 0.408. The largest absolute Gasteiger partial charge is 2.00 e. The van der Waals surface area contributed by atoms with Crippen LogP contribution in [0.3, 0.4) is 0 Å². The first-order valence-corrected chi connectivity index (χ1v) is 2.00. The van der Waals surface area contributed by atoms with Gasteiger partial charge in [0.25, 0.3) is 0 Å². The quantitative estimate of drug-likeness (QED) is 0.267. The molecule has 9 heavy (non-hydrogen) atoms. The Kier molecular flexibility index (Phi) is 42.4. The van der Waals surface area contributed by atoms with E-state index in [1.54, 1.807) is 0 Å². The van der Waals surface area contributed by atoms with Crippen molar-refractivity contribution in [3.05, 3.63) is 0 Å². The molecule has 0 rings (SSSR count). The zero-order valence-corrected chi connectivity index (χ0v) is 6.57. The second-order valence-corrected chi connectivity index (χ2v) is 1.22. The zero-order chi connectivity index (χ0) is 4.50. The predicted molar refractivity (Wildman–Crippen MR) is 16.0 cm³/mol. The van der Waals surface area contributed by atoms with Gasteiger partial charge in [0.2, 0.25) is 0 Å². The summed E-state index contributed by atoms with van der Waals surface area (Å²) < 4.78 is 34.1. The Labute approximate surface area is 72.6 Å². The molecule has 0 fully saturated rings. The van der Waals surface area contributed by atoms with E-state index in [1.807, 2.05) is 0 Å². The van der Waals surface area contributed by atoms with Crippen molar-refractivity contribution in [2.24, 2.45) is 0 Å². The van der Waals surface area contributed by atoms with Gasteiger partial charge < -0.3 is 20.1 Å². The molecule has 0 heterocycles. The third kappa shape index (κ3) is 632. The molecule has 0 saturated carbocycles. The Morgan fingerprint density at radius 2 is 1.11 bits per heavy atom. The Bertz CT molecular complexity index is 96.2. The van der Waals surface area contributed by atoms with Crippen LogP contribution in [0.4, 0.5) is 0 Å². The summed E-state index contributed by atoms with van der Waals surface area (Å²) in [5.41, 5.74) is 0. The van der Waals surface area contributed by atoms with Gasteiger partial charge in [0.05, 0.1) is 0 Å². The third-order valence-corrected chi connectivity index (χ3v) is 0. The molecule has 0 bridgehead atoms. The minimum Gasteiger partial charge on any atom is -0.870 e. The molecular weight excluding hydrogens is 243 g/mol. The molecular formula is H3FeNiO6S+. The van der Waals surface area contributed by atoms with Crippen LogP contribution in [0.25, 0.3) is 0 Å². The van der Waals surface area contributed by atoms with Gasteiger partial charge in [-0.3, -0.25) is 8.42 Å². The topological polar surface area (TPSA) is 142 Å². The minimum absolute atomic E-state index is 0. The van der Waals surface area contributed by atoms with Crippen LogP contribution >= 0.6 is 0 Å². The summed E-state index contributed by atoms with van der Waals surface area (Å²) in [6.07, 6.45) is 0. The van der Waals surface area contributed by atoms with Gasteiger partial charge in [0.15, 0.2) is 0 Å². The van der Waals surface area contributed by atoms with Crippen molar-refractivity contribution < 1.29 is 62.0 Å². The van der Waals surface area contributed by atoms with Crippen LogP contribution in [0.5, 0.6) is 0 Å². The van der Waals surface area contributed by atoms with Crippen LogP contribution in [-0.2, 0) is 44.0 Å². The van der Waals surface area contributed by atoms with Crippen molar-refractivity contribution in [3.63, 3.8) is 0 Å². The maximum atomic E-state index is 8.52. The molecule has 0 atom stereocenters. The number of hydrogen-bond donors (Lipinski definition) is 0. The van der Waals surface area contributed by atoms with Gasteiger partial charge in [-0.15, -0.1) is 0 Å². The molecule has 0 radical (unpaired) electrons. The van der Waals surface area contributed by atoms with Gasteiger partial charge in [0.1, 0.15) is 0 Å². The molecule has 0 aromatic heterocycles. The van der Waals surface area contributed by atoms with Crippen molar-refractivity contribution in [2.45, 2.75) is 0 Å². The van der Waals surface area contributed by atoms with Crippen molar-refractivity contribution in [1.29, 1.82) is 0 Å². The molecule has 6 nitrogen and oxygen atoms in total. The van der Waals surface area contributed by atoms with Crippen LogP contribution in [0, 0.1) is 0 Å². The van der Waals surface area contributed by atoms with Crippen LogP contribution in [0.1, 0.15) is 0 Å². The summed E-state index contributed by atoms with van der Waals surface area (Å²) in [5.74, 6) is 0. The van der Waals surface area contributed by atoms with E-state index in [4.69, 9.17) is 17.5 Å². The van der Waals surface area contributed by atoms with E-state index < -0.39 is 10.4 Å². The van der Waals surface area contributed by atoms with Crippen LogP contribution in [0.2, 0.25) is 0 Å². The first-order valence-electron chi connectivity index (χ1n) is 0.667. The fraction of sp³-hybridized carbons (Fsp3) is 0. The molecule has 0 spiro atoms. The third-order valence-electron chi connectivity index (χ3n) is 0. The van der Waals surface area contributed by atoms with E-state index in [1.165, 1.54) is 0 Å². The van der Waals surface area contributed by atoms with Gasteiger partial charge in [-0.1, -0.05) is 0 Å². The standard InChI is InChI=1S/Fe.Ni.H2O4S.2H2O/c;;1-5(2,3)4;;/h;;(H2,1,2,3,4);2*1H2/q2*+2;;;/p-3. The summed E-state index contributed by atoms with van der Waals surface area (Å²) in [6.45, 7) is 0. The summed E-state index contributed by atoms with van der Waals surface area (Å²) in [7, 11) is -5.17. The fourth-order valence-electron chi connectivity index (χ4n) is 0. The molecule has 0 unspecified atom stereocenters. The average molecular weight is 246 g/mol. The van der Waals surface area contributed by atoms with Gasteiger partial charge in [-0.25, -0.2) is 0 Å². The van der Waals surface area contributed by atoms with Crippen LogP contribution in [0.15, 0.2) is 0 Å². The van der Waals surface area contributed by atoms with Gasteiger partial charge in [0, 0.05) is 10.4 Å². The van der Waals surface area contributed by atoms with Crippen LogP contribution < -0.4 is 0 Å². The maximum Gasteiger partial charge on any atom is 2.00 e. The molecule has 9 heteroatoms. The minimum atomic E-state index is -5.17. The second kappa shape index (κ2) is 11.6. The first-order chi connectivity index (χ1) is 2.00. The van der Waals surface area contributed by atoms with E-state index in [2.05, 4.69) is 0 Å². The van der Waals surface area contributed by atoms with Crippen molar-refractivity contribution >= 4 is 10.4 Å². The summed E-state index contributed by atoms with van der Waals surface area (Å²) in [6, 6.07) is 0. The van der Waals surface area contributed by atoms with E-state index >= 15 is 0 Å². The predicted octanol–water partition coefficient (Wildman–Crippen LogP) is -2.34. The molecule has 0 aliphatic rings. The number of hydrogen-bond acceptors (Lipinski definition) is 5. The molecule has 0 aromatic rings. The monoisotopic (exact) mass is 245 g/mol. The molecule has 3 N–H and O–H groups in total. The van der Waals surface area contributed by atoms with E-state index in [-0.39, 0.29) is 44.5 Å². The van der Waals surface area contributed by atoms with Gasteiger partial charge in [-0.2, -0.15) is 0 Å². The smallest absolute Gasteiger partial charge is 0.870 e. The van der Waals surface area contributed by atoms with Gasteiger partial charge >= 0.3 is 33.6 Å². The molecule has 0 aromatic carbocycles. The molecule has 0 aliphatic heterocycles. The maximum absolute atomic E-state index is 8.52. The van der Waals surface area contributed by atoms with Gasteiger partial charge in [-0.05, 0) is 0 Å². The van der Waals surface area contributed by atoms with E-state index in [0.29, 0.717) is 0 Å². The van der Waals surface area contributed by atoms with Crippen molar-refractivity contribution in [2.75, 3.05) is 0 Å². The van der Waals surface area contributed by atoms with Crippen LogP contribution in [-0.4, -0.2) is 28.5 Å². The molecule has 0 aliphatic carbocycles. The molecule has 0 saturated heterocycles. The summed E-state index contributed by atoms with van der Waals surface area (Å²) in [4.78, 5) is 0. The van der Waals surface area contributed by atoms with Crippen molar-refractivity contribution in [3.8, 4) is 0 Å². The Morgan fingerprint density at radius 1 is 1.11 bits per heavy atom. The van der Waals surface area contributed by atoms with E-state index in [9.17, 15) is 0 Å². The average Bonchev–Trinajstić information content (AvgIpc) is 0.722. The zero-order valence-electron chi connectivity index (χ0n) is 3.66. The molecule has 62 valence electrons. The Hall–Kier alpha value is 0.803. The summed E-state index contributed by atoms with van der Waals surface area (Å²) >= 11 is 0. The SMILES string of the molecule is O.O=S(=O)([O-])[O-].[Fe+2].[Ni+2].[OH-]. The number of rotatable bonds is 0. The fourth-order valence-corrected chi connectivity index (χ4v) is 0. The Morgan fingerprint density at radius 3 is 1.11 bits per heavy atom. The van der Waals surface area contributed by atoms with Crippen molar-refractivity contribution in [1.82, 2.24) is 0 Å². The normalized spacial score (nSPS) is 6.44. The Balaban J connectivity index is -0.0000000133. The van der Waals surface area contributed by atoms with E-state index in [0.717, 1.165) is 0 Å². The first kappa shape index (κ1) is 32.9. The molecule has 0 amide bonds. The summed E-state index contributed by atoms with van der Waals surface area (Å²) in [5, 5.41) is 0.